The molecule has 0 N–H and O–H groups in total. The molecule has 0 spiro atoms. The maximum Gasteiger partial charge on any atom is 0.0945 e. The third-order valence-electron chi connectivity index (χ3n) is 2.81. The van der Waals surface area contributed by atoms with Gasteiger partial charge in [-0.2, -0.15) is 5.26 Å². The Kier molecular flexibility index (Phi) is 2.73. The summed E-state index contributed by atoms with van der Waals surface area (Å²) >= 11 is 0. The Morgan fingerprint density at radius 2 is 2.13 bits per heavy atom. The van der Waals surface area contributed by atoms with E-state index in [4.69, 9.17) is 5.26 Å². The summed E-state index contributed by atoms with van der Waals surface area (Å²) < 4.78 is 0. The molecule has 76 valence electrons. The maximum absolute atomic E-state index is 8.77. The van der Waals surface area contributed by atoms with Crippen LogP contribution in [0.1, 0.15) is 12.0 Å². The van der Waals surface area contributed by atoms with Crippen molar-refractivity contribution >= 4 is 5.69 Å². The van der Waals surface area contributed by atoms with Gasteiger partial charge in [-0.15, -0.1) is 0 Å². The lowest BCUT2D eigenvalue weighted by molar-refractivity contribution is 0.799. The molecule has 0 atom stereocenters. The topological polar surface area (TPSA) is 27.0 Å². The van der Waals surface area contributed by atoms with E-state index < -0.39 is 0 Å². The molecule has 0 saturated carbocycles. The molecule has 2 rings (SSSR count). The van der Waals surface area contributed by atoms with Gasteiger partial charge in [0.25, 0.3) is 0 Å². The van der Waals surface area contributed by atoms with Gasteiger partial charge in [0.05, 0.1) is 6.07 Å². The molecular formula is C13H14N2. The van der Waals surface area contributed by atoms with E-state index in [9.17, 15) is 0 Å². The third kappa shape index (κ3) is 2.02. The second-order valence-electron chi connectivity index (χ2n) is 3.82. The van der Waals surface area contributed by atoms with Crippen molar-refractivity contribution in [1.82, 2.24) is 0 Å². The Hall–Kier alpha value is -1.75. The largest absolute Gasteiger partial charge is 0.367 e. The fraction of sp³-hybridized carbons (Fsp3) is 0.308. The number of benzene rings is 1. The van der Waals surface area contributed by atoms with Crippen molar-refractivity contribution < 1.29 is 0 Å². The Bertz CT molecular complexity index is 426. The summed E-state index contributed by atoms with van der Waals surface area (Å²) in [6.45, 7) is 3.93. The Balaban J connectivity index is 2.19. The molecule has 15 heavy (non-hydrogen) atoms. The lowest BCUT2D eigenvalue weighted by Gasteiger charge is -2.28. The molecule has 0 bridgehead atoms. The van der Waals surface area contributed by atoms with E-state index in [0.717, 1.165) is 25.1 Å². The molecule has 0 fully saturated rings. The van der Waals surface area contributed by atoms with E-state index in [0.29, 0.717) is 0 Å². The number of aryl methyl sites for hydroxylation is 1. The van der Waals surface area contributed by atoms with Gasteiger partial charge in [0.15, 0.2) is 0 Å². The van der Waals surface area contributed by atoms with Gasteiger partial charge in [0, 0.05) is 24.4 Å². The highest BCUT2D eigenvalue weighted by atomic mass is 15.1. The molecule has 0 aromatic heterocycles. The number of rotatable bonds is 1. The van der Waals surface area contributed by atoms with Crippen LogP contribution in [0.15, 0.2) is 35.9 Å². The van der Waals surface area contributed by atoms with Gasteiger partial charge in [-0.05, 0) is 25.0 Å². The molecule has 1 aromatic carbocycles. The summed E-state index contributed by atoms with van der Waals surface area (Å²) in [5, 5.41) is 8.77. The Morgan fingerprint density at radius 1 is 1.33 bits per heavy atom. The van der Waals surface area contributed by atoms with Crippen molar-refractivity contribution in [2.24, 2.45) is 0 Å². The Labute approximate surface area is 90.4 Å². The highest BCUT2D eigenvalue weighted by Crippen LogP contribution is 2.22. The van der Waals surface area contributed by atoms with Crippen molar-refractivity contribution in [3.63, 3.8) is 0 Å². The van der Waals surface area contributed by atoms with Crippen LogP contribution in [0.3, 0.4) is 0 Å². The van der Waals surface area contributed by atoms with Crippen LogP contribution in [0.25, 0.3) is 0 Å². The highest BCUT2D eigenvalue weighted by Gasteiger charge is 2.12. The standard InChI is InChI=1S/C13H14N2/c1-11-4-2-3-5-13(11)15-8-6-12(10-14)7-9-15/h2-6H,7-9H2,1H3. The lowest BCUT2D eigenvalue weighted by Crippen LogP contribution is -2.28. The molecular weight excluding hydrogens is 184 g/mol. The fourth-order valence-electron chi connectivity index (χ4n) is 1.91. The van der Waals surface area contributed by atoms with Crippen molar-refractivity contribution in [3.05, 3.63) is 41.5 Å². The van der Waals surface area contributed by atoms with Crippen LogP contribution in [0, 0.1) is 18.3 Å². The minimum atomic E-state index is 0.855. The van der Waals surface area contributed by atoms with Crippen LogP contribution >= 0.6 is 0 Å². The zero-order valence-electron chi connectivity index (χ0n) is 8.90. The summed E-state index contributed by atoms with van der Waals surface area (Å²) in [6.07, 6.45) is 2.89. The van der Waals surface area contributed by atoms with Crippen molar-refractivity contribution in [2.45, 2.75) is 13.3 Å². The first-order valence-electron chi connectivity index (χ1n) is 5.21. The molecule has 1 aliphatic heterocycles. The number of hydrogen-bond donors (Lipinski definition) is 0. The Morgan fingerprint density at radius 3 is 2.73 bits per heavy atom. The van der Waals surface area contributed by atoms with Crippen LogP contribution in [-0.4, -0.2) is 13.1 Å². The average molecular weight is 198 g/mol. The number of nitrogens with zero attached hydrogens (tertiary/aromatic N) is 2. The minimum absolute atomic E-state index is 0.855. The fourth-order valence-corrected chi connectivity index (χ4v) is 1.91. The van der Waals surface area contributed by atoms with Gasteiger partial charge in [-0.1, -0.05) is 24.3 Å². The zero-order valence-corrected chi connectivity index (χ0v) is 8.90. The van der Waals surface area contributed by atoms with E-state index in [1.165, 1.54) is 11.3 Å². The zero-order chi connectivity index (χ0) is 10.7. The summed E-state index contributed by atoms with van der Waals surface area (Å²) in [5.41, 5.74) is 3.50. The smallest absolute Gasteiger partial charge is 0.0945 e. The average Bonchev–Trinajstić information content (AvgIpc) is 2.30. The van der Waals surface area contributed by atoms with Crippen molar-refractivity contribution in [1.29, 1.82) is 5.26 Å². The SMILES string of the molecule is Cc1ccccc1N1CC=C(C#N)CC1. The first kappa shape index (κ1) is 9.79. The minimum Gasteiger partial charge on any atom is -0.367 e. The van der Waals surface area contributed by atoms with E-state index in [2.05, 4.69) is 42.2 Å². The van der Waals surface area contributed by atoms with Gasteiger partial charge in [-0.3, -0.25) is 0 Å². The lowest BCUT2D eigenvalue weighted by atomic mass is 10.1. The van der Waals surface area contributed by atoms with Crippen molar-refractivity contribution in [3.8, 4) is 6.07 Å². The summed E-state index contributed by atoms with van der Waals surface area (Å²) in [7, 11) is 0. The summed E-state index contributed by atoms with van der Waals surface area (Å²) in [6, 6.07) is 10.6. The van der Waals surface area contributed by atoms with Gasteiger partial charge in [0.1, 0.15) is 0 Å². The van der Waals surface area contributed by atoms with E-state index >= 15 is 0 Å². The molecule has 0 saturated heterocycles. The predicted molar refractivity (Wildman–Crippen MR) is 61.7 cm³/mol. The highest BCUT2D eigenvalue weighted by molar-refractivity contribution is 5.54. The normalized spacial score (nSPS) is 15.7. The second-order valence-corrected chi connectivity index (χ2v) is 3.82. The van der Waals surface area contributed by atoms with Crippen LogP contribution in [0.2, 0.25) is 0 Å². The monoisotopic (exact) mass is 198 g/mol. The quantitative estimate of drug-likeness (QED) is 0.693. The summed E-state index contributed by atoms with van der Waals surface area (Å²) in [4.78, 5) is 2.32. The van der Waals surface area contributed by atoms with Gasteiger partial charge in [0.2, 0.25) is 0 Å². The van der Waals surface area contributed by atoms with Crippen LogP contribution in [0.5, 0.6) is 0 Å². The molecule has 1 heterocycles. The molecule has 0 radical (unpaired) electrons. The molecule has 0 aliphatic carbocycles. The third-order valence-corrected chi connectivity index (χ3v) is 2.81. The van der Waals surface area contributed by atoms with E-state index in [1.54, 1.807) is 0 Å². The van der Waals surface area contributed by atoms with Gasteiger partial charge < -0.3 is 4.90 Å². The second kappa shape index (κ2) is 4.18. The number of anilines is 1. The van der Waals surface area contributed by atoms with E-state index in [1.807, 2.05) is 6.08 Å². The van der Waals surface area contributed by atoms with Crippen molar-refractivity contribution in [2.75, 3.05) is 18.0 Å². The maximum atomic E-state index is 8.77. The van der Waals surface area contributed by atoms with Gasteiger partial charge in [-0.25, -0.2) is 0 Å². The number of nitriles is 1. The number of para-hydroxylation sites is 1. The van der Waals surface area contributed by atoms with Crippen LogP contribution in [0.4, 0.5) is 5.69 Å². The molecule has 0 unspecified atom stereocenters. The van der Waals surface area contributed by atoms with E-state index in [-0.39, 0.29) is 0 Å². The van der Waals surface area contributed by atoms with Crippen LogP contribution < -0.4 is 4.90 Å². The van der Waals surface area contributed by atoms with Gasteiger partial charge >= 0.3 is 0 Å². The predicted octanol–water partition coefficient (Wildman–Crippen LogP) is 2.66. The molecule has 1 aliphatic rings. The first-order valence-corrected chi connectivity index (χ1v) is 5.21. The molecule has 2 heteroatoms. The molecule has 0 amide bonds. The molecule has 1 aromatic rings. The number of hydrogen-bond acceptors (Lipinski definition) is 2. The summed E-state index contributed by atoms with van der Waals surface area (Å²) in [5.74, 6) is 0. The first-order chi connectivity index (χ1) is 7.31. The van der Waals surface area contributed by atoms with Crippen LogP contribution in [-0.2, 0) is 0 Å². The molecule has 2 nitrogen and oxygen atoms in total.